The second-order valence-corrected chi connectivity index (χ2v) is 2.37. The summed E-state index contributed by atoms with van der Waals surface area (Å²) in [4.78, 5) is 3.94. The summed E-state index contributed by atoms with van der Waals surface area (Å²) in [5.41, 5.74) is 0.748. The third kappa shape index (κ3) is 1.54. The molecule has 0 atom stereocenters. The van der Waals surface area contributed by atoms with Gasteiger partial charge in [0.15, 0.2) is 0 Å². The van der Waals surface area contributed by atoms with Crippen molar-refractivity contribution in [2.75, 3.05) is 0 Å². The highest BCUT2D eigenvalue weighted by Crippen LogP contribution is 2.14. The Kier molecular flexibility index (Phi) is 2.27. The smallest absolute Gasteiger partial charge is 0.137 e. The van der Waals surface area contributed by atoms with Crippen LogP contribution in [0.25, 0.3) is 0 Å². The minimum atomic E-state index is 0.284. The fourth-order valence-corrected chi connectivity index (χ4v) is 1.12. The maximum absolute atomic E-state index is 9.04. The number of nitrogens with zero attached hydrogens (tertiary/aromatic N) is 1. The van der Waals surface area contributed by atoms with E-state index in [9.17, 15) is 0 Å². The molecule has 0 saturated carbocycles. The van der Waals surface area contributed by atoms with Gasteiger partial charge in [-0.15, -0.1) is 0 Å². The van der Waals surface area contributed by atoms with Crippen molar-refractivity contribution in [3.8, 4) is 5.75 Å². The van der Waals surface area contributed by atoms with Gasteiger partial charge < -0.3 is 5.11 Å². The first-order chi connectivity index (χ1) is 4.34. The maximum Gasteiger partial charge on any atom is 0.137 e. The number of aromatic hydroxyl groups is 1. The van der Waals surface area contributed by atoms with Crippen molar-refractivity contribution in [3.05, 3.63) is 24.0 Å². The lowest BCUT2D eigenvalue weighted by atomic mass is 10.3. The molecular weight excluding hydrogens is 229 g/mol. The fourth-order valence-electron chi connectivity index (χ4n) is 0.532. The topological polar surface area (TPSA) is 33.1 Å². The van der Waals surface area contributed by atoms with Gasteiger partial charge in [0.2, 0.25) is 0 Å². The molecule has 1 heterocycles. The summed E-state index contributed by atoms with van der Waals surface area (Å²) in [6.07, 6.45) is 1.67. The van der Waals surface area contributed by atoms with Crippen LogP contribution in [0.4, 0.5) is 0 Å². The molecule has 0 saturated heterocycles. The summed E-state index contributed by atoms with van der Waals surface area (Å²) in [7, 11) is 0. The van der Waals surface area contributed by atoms with E-state index in [-0.39, 0.29) is 5.75 Å². The standard InChI is InChI=1S/C6H6INO/c7-4-5-6(9)2-1-3-8-5/h1-3,9H,4H2. The number of alkyl halides is 1. The third-order valence-electron chi connectivity index (χ3n) is 0.993. The van der Waals surface area contributed by atoms with Crippen molar-refractivity contribution >= 4 is 22.6 Å². The first-order valence-corrected chi connectivity index (χ1v) is 4.06. The van der Waals surface area contributed by atoms with Crippen LogP contribution in [0.15, 0.2) is 18.3 Å². The van der Waals surface area contributed by atoms with Crippen LogP contribution in [0.3, 0.4) is 0 Å². The van der Waals surface area contributed by atoms with Gasteiger partial charge in [0, 0.05) is 10.6 Å². The summed E-state index contributed by atoms with van der Waals surface area (Å²) in [5, 5.41) is 9.04. The van der Waals surface area contributed by atoms with Crippen molar-refractivity contribution in [2.45, 2.75) is 4.43 Å². The fraction of sp³-hybridized carbons (Fsp3) is 0.167. The average Bonchev–Trinajstić information content (AvgIpc) is 1.89. The van der Waals surface area contributed by atoms with Crippen LogP contribution in [-0.4, -0.2) is 10.1 Å². The van der Waals surface area contributed by atoms with Gasteiger partial charge in [0.1, 0.15) is 5.75 Å². The Morgan fingerprint density at radius 2 is 2.44 bits per heavy atom. The molecule has 1 rings (SSSR count). The lowest BCUT2D eigenvalue weighted by molar-refractivity contribution is 0.467. The largest absolute Gasteiger partial charge is 0.506 e. The summed E-state index contributed by atoms with van der Waals surface area (Å²) >= 11 is 2.16. The van der Waals surface area contributed by atoms with E-state index in [1.807, 2.05) is 0 Å². The Morgan fingerprint density at radius 3 is 2.89 bits per heavy atom. The molecule has 0 unspecified atom stereocenters. The lowest BCUT2D eigenvalue weighted by Gasteiger charge is -1.95. The van der Waals surface area contributed by atoms with Crippen LogP contribution in [0.1, 0.15) is 5.69 Å². The summed E-state index contributed by atoms with van der Waals surface area (Å²) < 4.78 is 0.754. The van der Waals surface area contributed by atoms with Crippen LogP contribution in [-0.2, 0) is 4.43 Å². The molecule has 0 aliphatic heterocycles. The van der Waals surface area contributed by atoms with Crippen LogP contribution in [0, 0.1) is 0 Å². The van der Waals surface area contributed by atoms with Gasteiger partial charge in [0.25, 0.3) is 0 Å². The number of aromatic nitrogens is 1. The molecule has 1 N–H and O–H groups in total. The van der Waals surface area contributed by atoms with E-state index in [1.165, 1.54) is 0 Å². The quantitative estimate of drug-likeness (QED) is 0.593. The van der Waals surface area contributed by atoms with E-state index >= 15 is 0 Å². The van der Waals surface area contributed by atoms with Crippen LogP contribution in [0.5, 0.6) is 5.75 Å². The first kappa shape index (κ1) is 6.80. The molecule has 1 aromatic heterocycles. The molecule has 48 valence electrons. The zero-order valence-corrected chi connectivity index (χ0v) is 6.87. The molecule has 0 amide bonds. The molecule has 0 aliphatic carbocycles. The Balaban J connectivity index is 3.01. The van der Waals surface area contributed by atoms with E-state index in [4.69, 9.17) is 5.11 Å². The zero-order chi connectivity index (χ0) is 6.69. The van der Waals surface area contributed by atoms with Crippen molar-refractivity contribution in [3.63, 3.8) is 0 Å². The molecule has 0 aromatic carbocycles. The van der Waals surface area contributed by atoms with Crippen molar-refractivity contribution in [2.24, 2.45) is 0 Å². The van der Waals surface area contributed by atoms with E-state index in [0.717, 1.165) is 10.1 Å². The second-order valence-electron chi connectivity index (χ2n) is 1.60. The average molecular weight is 235 g/mol. The number of hydrogen-bond acceptors (Lipinski definition) is 2. The van der Waals surface area contributed by atoms with Gasteiger partial charge in [0.05, 0.1) is 5.69 Å². The van der Waals surface area contributed by atoms with Crippen LogP contribution < -0.4 is 0 Å². The van der Waals surface area contributed by atoms with Gasteiger partial charge >= 0.3 is 0 Å². The molecule has 3 heteroatoms. The lowest BCUT2D eigenvalue weighted by Crippen LogP contribution is -1.82. The summed E-state index contributed by atoms with van der Waals surface area (Å²) in [5.74, 6) is 0.284. The highest BCUT2D eigenvalue weighted by Gasteiger charge is 1.95. The molecule has 0 fully saturated rings. The number of halogens is 1. The Morgan fingerprint density at radius 1 is 1.67 bits per heavy atom. The normalized spacial score (nSPS) is 9.44. The number of hydrogen-bond donors (Lipinski definition) is 1. The maximum atomic E-state index is 9.04. The molecule has 1 aromatic rings. The monoisotopic (exact) mass is 235 g/mol. The summed E-state index contributed by atoms with van der Waals surface area (Å²) in [6.45, 7) is 0. The number of rotatable bonds is 1. The van der Waals surface area contributed by atoms with E-state index < -0.39 is 0 Å². The molecule has 0 aliphatic rings. The highest BCUT2D eigenvalue weighted by molar-refractivity contribution is 14.1. The van der Waals surface area contributed by atoms with Gasteiger partial charge in [-0.05, 0) is 12.1 Å². The molecule has 0 bridgehead atoms. The number of pyridine rings is 1. The van der Waals surface area contributed by atoms with Gasteiger partial charge in [-0.1, -0.05) is 22.6 Å². The van der Waals surface area contributed by atoms with E-state index in [2.05, 4.69) is 27.6 Å². The molecular formula is C6H6INO. The Bertz CT molecular complexity index is 202. The predicted molar refractivity (Wildman–Crippen MR) is 43.6 cm³/mol. The van der Waals surface area contributed by atoms with Gasteiger partial charge in [-0.2, -0.15) is 0 Å². The van der Waals surface area contributed by atoms with Crippen LogP contribution in [0.2, 0.25) is 0 Å². The van der Waals surface area contributed by atoms with Crippen LogP contribution >= 0.6 is 22.6 Å². The minimum Gasteiger partial charge on any atom is -0.506 e. The molecule has 2 nitrogen and oxygen atoms in total. The van der Waals surface area contributed by atoms with Crippen molar-refractivity contribution in [1.29, 1.82) is 0 Å². The van der Waals surface area contributed by atoms with Crippen molar-refractivity contribution < 1.29 is 5.11 Å². The summed E-state index contributed by atoms with van der Waals surface area (Å²) in [6, 6.07) is 3.35. The van der Waals surface area contributed by atoms with Gasteiger partial charge in [-0.25, -0.2) is 0 Å². The highest BCUT2D eigenvalue weighted by atomic mass is 127. The zero-order valence-electron chi connectivity index (χ0n) is 4.71. The Hall–Kier alpha value is -0.320. The predicted octanol–water partition coefficient (Wildman–Crippen LogP) is 1.72. The van der Waals surface area contributed by atoms with Crippen molar-refractivity contribution in [1.82, 2.24) is 4.98 Å². The Labute approximate surface area is 67.1 Å². The van der Waals surface area contributed by atoms with E-state index in [0.29, 0.717) is 0 Å². The molecule has 0 spiro atoms. The third-order valence-corrected chi connectivity index (χ3v) is 1.72. The minimum absolute atomic E-state index is 0.284. The SMILES string of the molecule is Oc1cccnc1CI. The molecule has 0 radical (unpaired) electrons. The molecule has 9 heavy (non-hydrogen) atoms. The first-order valence-electron chi connectivity index (χ1n) is 2.53. The second kappa shape index (κ2) is 3.00. The van der Waals surface area contributed by atoms with Gasteiger partial charge in [-0.3, -0.25) is 4.98 Å². The van der Waals surface area contributed by atoms with E-state index in [1.54, 1.807) is 18.3 Å².